The van der Waals surface area contributed by atoms with Gasteiger partial charge in [0.25, 0.3) is 5.91 Å². The Bertz CT molecular complexity index is 838. The van der Waals surface area contributed by atoms with Crippen molar-refractivity contribution in [3.05, 3.63) is 77.7 Å². The average Bonchev–Trinajstić information content (AvgIpc) is 2.68. The molecule has 0 aliphatic rings. The van der Waals surface area contributed by atoms with Crippen molar-refractivity contribution < 1.29 is 27.8 Å². The number of carbonyl (C=O) groups is 2. The maximum atomic E-state index is 13.3. The number of halogens is 3. The predicted octanol–water partition coefficient (Wildman–Crippen LogP) is 3.56. The summed E-state index contributed by atoms with van der Waals surface area (Å²) in [7, 11) is 1.28. The van der Waals surface area contributed by atoms with Crippen LogP contribution < -0.4 is 15.4 Å². The quantitative estimate of drug-likeness (QED) is 0.322. The van der Waals surface area contributed by atoms with Crippen molar-refractivity contribution in [2.24, 2.45) is 0 Å². The van der Waals surface area contributed by atoms with E-state index in [1.807, 2.05) is 0 Å². The van der Waals surface area contributed by atoms with E-state index in [0.29, 0.717) is 5.70 Å². The van der Waals surface area contributed by atoms with Crippen molar-refractivity contribution in [1.82, 2.24) is 10.6 Å². The highest BCUT2D eigenvalue weighted by Gasteiger charge is 2.07. The first-order valence-electron chi connectivity index (χ1n) is 8.33. The molecule has 0 bridgehead atoms. The van der Waals surface area contributed by atoms with Gasteiger partial charge in [-0.1, -0.05) is 30.8 Å². The SMILES string of the molecule is C=C(CCNC(=O)/C=C/C=C(/F)C(=C)OC)NC(=O)COc1ccc(Cl)c(F)c1. The number of rotatable bonds is 11. The first-order valence-corrected chi connectivity index (χ1v) is 8.71. The standard InChI is InChI=1S/C20H21ClF2N2O4/c1-13(9-10-24-19(26)6-4-5-17(22)14(2)28-3)25-20(27)12-29-15-7-8-16(21)18(23)11-15/h4-8,11H,1-2,9-10,12H2,3H3,(H,24,26)(H,25,27)/b6-4+,17-5+. The van der Waals surface area contributed by atoms with Gasteiger partial charge in [-0.2, -0.15) is 0 Å². The van der Waals surface area contributed by atoms with Crippen LogP contribution >= 0.6 is 11.6 Å². The van der Waals surface area contributed by atoms with Gasteiger partial charge >= 0.3 is 0 Å². The minimum atomic E-state index is -0.698. The van der Waals surface area contributed by atoms with E-state index in [9.17, 15) is 18.4 Å². The van der Waals surface area contributed by atoms with Crippen LogP contribution in [-0.2, 0) is 14.3 Å². The van der Waals surface area contributed by atoms with Gasteiger partial charge in [-0.05, 0) is 18.2 Å². The van der Waals surface area contributed by atoms with E-state index in [-0.39, 0.29) is 36.1 Å². The van der Waals surface area contributed by atoms with Crippen LogP contribution in [0.1, 0.15) is 6.42 Å². The molecule has 1 aromatic rings. The summed E-state index contributed by atoms with van der Waals surface area (Å²) in [5.41, 5.74) is 0.354. The smallest absolute Gasteiger partial charge is 0.262 e. The van der Waals surface area contributed by atoms with Crippen LogP contribution in [0.3, 0.4) is 0 Å². The maximum absolute atomic E-state index is 13.3. The molecule has 6 nitrogen and oxygen atoms in total. The van der Waals surface area contributed by atoms with Gasteiger partial charge in [0, 0.05) is 30.8 Å². The number of amides is 2. The topological polar surface area (TPSA) is 76.7 Å². The van der Waals surface area contributed by atoms with E-state index >= 15 is 0 Å². The molecule has 0 fully saturated rings. The third-order valence-corrected chi connectivity index (χ3v) is 3.61. The van der Waals surface area contributed by atoms with Gasteiger partial charge in [-0.15, -0.1) is 0 Å². The second kappa shape index (κ2) is 12.4. The third kappa shape index (κ3) is 9.57. The van der Waals surface area contributed by atoms with Gasteiger partial charge in [0.1, 0.15) is 17.3 Å². The Morgan fingerprint density at radius 2 is 2.03 bits per heavy atom. The Hall–Kier alpha value is -3.13. The van der Waals surface area contributed by atoms with Crippen molar-refractivity contribution >= 4 is 23.4 Å². The monoisotopic (exact) mass is 426 g/mol. The number of ether oxygens (including phenoxy) is 2. The lowest BCUT2D eigenvalue weighted by atomic mass is 10.3. The number of allylic oxidation sites excluding steroid dienone is 3. The number of hydrogen-bond acceptors (Lipinski definition) is 4. The molecule has 1 rings (SSSR count). The van der Waals surface area contributed by atoms with Crippen LogP contribution in [0.2, 0.25) is 5.02 Å². The molecule has 0 aromatic heterocycles. The molecule has 0 aliphatic heterocycles. The lowest BCUT2D eigenvalue weighted by molar-refractivity contribution is -0.122. The first-order chi connectivity index (χ1) is 13.7. The molecular weight excluding hydrogens is 406 g/mol. The van der Waals surface area contributed by atoms with Crippen LogP contribution in [0, 0.1) is 5.82 Å². The van der Waals surface area contributed by atoms with Crippen molar-refractivity contribution in [3.8, 4) is 5.75 Å². The fourth-order valence-corrected chi connectivity index (χ4v) is 1.93. The summed E-state index contributed by atoms with van der Waals surface area (Å²) in [6.07, 6.45) is 3.65. The van der Waals surface area contributed by atoms with Crippen LogP contribution in [0.5, 0.6) is 5.75 Å². The molecule has 1 aromatic carbocycles. The molecule has 156 valence electrons. The molecule has 9 heteroatoms. The Morgan fingerprint density at radius 1 is 1.31 bits per heavy atom. The molecule has 2 amide bonds. The van der Waals surface area contributed by atoms with Crippen LogP contribution in [0.4, 0.5) is 8.78 Å². The summed E-state index contributed by atoms with van der Waals surface area (Å²) in [5, 5.41) is 4.99. The van der Waals surface area contributed by atoms with Gasteiger partial charge in [0.15, 0.2) is 12.4 Å². The molecule has 0 atom stereocenters. The van der Waals surface area contributed by atoms with Gasteiger partial charge in [0.2, 0.25) is 5.91 Å². The van der Waals surface area contributed by atoms with E-state index in [4.69, 9.17) is 16.3 Å². The molecule has 0 radical (unpaired) electrons. The second-order valence-electron chi connectivity index (χ2n) is 5.56. The van der Waals surface area contributed by atoms with E-state index < -0.39 is 23.5 Å². The molecule has 0 saturated heterocycles. The van der Waals surface area contributed by atoms with Crippen LogP contribution in [0.25, 0.3) is 0 Å². The zero-order valence-corrected chi connectivity index (χ0v) is 16.5. The third-order valence-electron chi connectivity index (χ3n) is 3.31. The molecule has 2 N–H and O–H groups in total. The Labute approximate surface area is 172 Å². The van der Waals surface area contributed by atoms with Crippen molar-refractivity contribution in [3.63, 3.8) is 0 Å². The highest BCUT2D eigenvalue weighted by molar-refractivity contribution is 6.30. The van der Waals surface area contributed by atoms with Gasteiger partial charge in [0.05, 0.1) is 12.1 Å². The highest BCUT2D eigenvalue weighted by Crippen LogP contribution is 2.20. The number of hydrogen-bond donors (Lipinski definition) is 2. The van der Waals surface area contributed by atoms with Gasteiger partial charge < -0.3 is 20.1 Å². The van der Waals surface area contributed by atoms with Crippen LogP contribution in [0.15, 0.2) is 66.9 Å². The zero-order chi connectivity index (χ0) is 21.8. The Balaban J connectivity index is 2.28. The van der Waals surface area contributed by atoms with Crippen molar-refractivity contribution in [2.45, 2.75) is 6.42 Å². The lowest BCUT2D eigenvalue weighted by Gasteiger charge is -2.10. The highest BCUT2D eigenvalue weighted by atomic mass is 35.5. The predicted molar refractivity (Wildman–Crippen MR) is 106 cm³/mol. The van der Waals surface area contributed by atoms with E-state index in [0.717, 1.165) is 18.2 Å². The van der Waals surface area contributed by atoms with Crippen LogP contribution in [-0.4, -0.2) is 32.1 Å². The number of carbonyl (C=O) groups excluding carboxylic acids is 2. The number of benzene rings is 1. The lowest BCUT2D eigenvalue weighted by Crippen LogP contribution is -2.30. The maximum Gasteiger partial charge on any atom is 0.262 e. The van der Waals surface area contributed by atoms with Gasteiger partial charge in [-0.25, -0.2) is 8.78 Å². The molecule has 0 spiro atoms. The second-order valence-corrected chi connectivity index (χ2v) is 5.97. The fourth-order valence-electron chi connectivity index (χ4n) is 1.82. The minimum Gasteiger partial charge on any atom is -0.494 e. The molecule has 0 aliphatic carbocycles. The summed E-state index contributed by atoms with van der Waals surface area (Å²) in [6, 6.07) is 3.82. The molecule has 0 unspecified atom stereocenters. The largest absolute Gasteiger partial charge is 0.494 e. The average molecular weight is 427 g/mol. The van der Waals surface area contributed by atoms with E-state index in [1.54, 1.807) is 0 Å². The molecular formula is C20H21ClF2N2O4. The first kappa shape index (κ1) is 23.9. The Morgan fingerprint density at radius 3 is 2.69 bits per heavy atom. The summed E-state index contributed by atoms with van der Waals surface area (Å²) >= 11 is 5.56. The zero-order valence-electron chi connectivity index (χ0n) is 15.8. The number of methoxy groups -OCH3 is 1. The summed E-state index contributed by atoms with van der Waals surface area (Å²) in [6.45, 7) is 6.85. The van der Waals surface area contributed by atoms with Gasteiger partial charge in [-0.3, -0.25) is 9.59 Å². The van der Waals surface area contributed by atoms with E-state index in [1.165, 1.54) is 25.3 Å². The fraction of sp³-hybridized carbons (Fsp3) is 0.200. The summed E-state index contributed by atoms with van der Waals surface area (Å²) < 4.78 is 36.3. The Kier molecular flexibility index (Phi) is 10.2. The number of nitrogens with one attached hydrogen (secondary N) is 2. The normalized spacial score (nSPS) is 11.1. The summed E-state index contributed by atoms with van der Waals surface area (Å²) in [4.78, 5) is 23.4. The van der Waals surface area contributed by atoms with Crippen molar-refractivity contribution in [2.75, 3.05) is 20.3 Å². The summed E-state index contributed by atoms with van der Waals surface area (Å²) in [5.74, 6) is -2.28. The minimum absolute atomic E-state index is 0.0475. The van der Waals surface area contributed by atoms with Crippen molar-refractivity contribution in [1.29, 1.82) is 0 Å². The molecule has 0 saturated carbocycles. The molecule has 29 heavy (non-hydrogen) atoms. The molecule has 0 heterocycles. The van der Waals surface area contributed by atoms with E-state index in [2.05, 4.69) is 28.5 Å².